The molecule has 2 rings (SSSR count). The van der Waals surface area contributed by atoms with Crippen molar-refractivity contribution in [2.75, 3.05) is 0 Å². The average molecular weight is 250 g/mol. The lowest BCUT2D eigenvalue weighted by Gasteiger charge is -2.11. The Morgan fingerprint density at radius 3 is 2.82 bits per heavy atom. The summed E-state index contributed by atoms with van der Waals surface area (Å²) in [7, 11) is 0. The van der Waals surface area contributed by atoms with E-state index >= 15 is 0 Å². The van der Waals surface area contributed by atoms with Crippen LogP contribution < -0.4 is 4.74 Å². The van der Waals surface area contributed by atoms with Gasteiger partial charge in [0.2, 0.25) is 5.88 Å². The number of rotatable bonds is 3. The first kappa shape index (κ1) is 11.9. The van der Waals surface area contributed by atoms with E-state index in [0.717, 1.165) is 0 Å². The number of hydrogen-bond donors (Lipinski definition) is 1. The minimum Gasteiger partial charge on any atom is -0.439 e. The molecule has 17 heavy (non-hydrogen) atoms. The van der Waals surface area contributed by atoms with Gasteiger partial charge in [0, 0.05) is 16.8 Å². The van der Waals surface area contributed by atoms with E-state index in [9.17, 15) is 5.11 Å². The fourth-order valence-electron chi connectivity index (χ4n) is 1.45. The van der Waals surface area contributed by atoms with Crippen molar-refractivity contribution in [1.82, 2.24) is 4.98 Å². The molecule has 3 nitrogen and oxygen atoms in total. The van der Waals surface area contributed by atoms with Crippen molar-refractivity contribution in [2.24, 2.45) is 0 Å². The molecule has 1 N–H and O–H groups in total. The predicted molar refractivity (Wildman–Crippen MR) is 66.4 cm³/mol. The summed E-state index contributed by atoms with van der Waals surface area (Å²) >= 11 is 5.86. The van der Waals surface area contributed by atoms with Crippen LogP contribution in [0, 0.1) is 0 Å². The first-order valence-corrected chi connectivity index (χ1v) is 5.61. The van der Waals surface area contributed by atoms with Gasteiger partial charge >= 0.3 is 0 Å². The molecule has 0 amide bonds. The van der Waals surface area contributed by atoms with Crippen molar-refractivity contribution in [3.63, 3.8) is 0 Å². The molecule has 0 saturated carbocycles. The van der Waals surface area contributed by atoms with E-state index in [1.807, 2.05) is 0 Å². The maximum atomic E-state index is 9.59. The highest BCUT2D eigenvalue weighted by molar-refractivity contribution is 6.30. The van der Waals surface area contributed by atoms with Gasteiger partial charge in [-0.05, 0) is 37.3 Å². The van der Waals surface area contributed by atoms with Crippen molar-refractivity contribution in [1.29, 1.82) is 0 Å². The minimum atomic E-state index is -0.627. The van der Waals surface area contributed by atoms with Gasteiger partial charge in [-0.1, -0.05) is 17.7 Å². The molecule has 88 valence electrons. The molecule has 0 fully saturated rings. The van der Waals surface area contributed by atoms with Gasteiger partial charge in [-0.25, -0.2) is 4.98 Å². The number of hydrogen-bond acceptors (Lipinski definition) is 3. The van der Waals surface area contributed by atoms with Crippen LogP contribution in [0.2, 0.25) is 5.02 Å². The Morgan fingerprint density at radius 1 is 1.29 bits per heavy atom. The van der Waals surface area contributed by atoms with Crippen molar-refractivity contribution >= 4 is 11.6 Å². The van der Waals surface area contributed by atoms with Crippen LogP contribution in [0.15, 0.2) is 42.6 Å². The maximum Gasteiger partial charge on any atom is 0.225 e. The number of aliphatic hydroxyl groups is 1. The van der Waals surface area contributed by atoms with Crippen LogP contribution in [0.3, 0.4) is 0 Å². The molecule has 1 atom stereocenters. The number of aromatic nitrogens is 1. The van der Waals surface area contributed by atoms with Gasteiger partial charge in [0.15, 0.2) is 0 Å². The molecule has 1 aromatic heterocycles. The lowest BCUT2D eigenvalue weighted by Crippen LogP contribution is -1.97. The molecular formula is C13H12ClNO2. The van der Waals surface area contributed by atoms with E-state index in [2.05, 4.69) is 4.98 Å². The summed E-state index contributed by atoms with van der Waals surface area (Å²) in [5, 5.41) is 10.2. The highest BCUT2D eigenvalue weighted by Crippen LogP contribution is 2.28. The monoisotopic (exact) mass is 249 g/mol. The van der Waals surface area contributed by atoms with Crippen molar-refractivity contribution in [3.8, 4) is 11.6 Å². The molecule has 0 aliphatic carbocycles. The Labute approximate surface area is 105 Å². The number of ether oxygens (including phenoxy) is 1. The lowest BCUT2D eigenvalue weighted by atomic mass is 10.2. The molecule has 0 spiro atoms. The van der Waals surface area contributed by atoms with E-state index in [0.29, 0.717) is 22.2 Å². The summed E-state index contributed by atoms with van der Waals surface area (Å²) in [6.45, 7) is 1.67. The fourth-order valence-corrected chi connectivity index (χ4v) is 1.63. The SMILES string of the molecule is CC(O)c1cccnc1Oc1cccc(Cl)c1. The average Bonchev–Trinajstić information content (AvgIpc) is 2.29. The summed E-state index contributed by atoms with van der Waals surface area (Å²) < 4.78 is 5.60. The van der Waals surface area contributed by atoms with Gasteiger partial charge in [0.25, 0.3) is 0 Å². The minimum absolute atomic E-state index is 0.393. The summed E-state index contributed by atoms with van der Waals surface area (Å²) in [6.07, 6.45) is 0.990. The van der Waals surface area contributed by atoms with Crippen LogP contribution in [0.4, 0.5) is 0 Å². The number of benzene rings is 1. The van der Waals surface area contributed by atoms with Crippen LogP contribution in [0.25, 0.3) is 0 Å². The van der Waals surface area contributed by atoms with Gasteiger partial charge in [-0.3, -0.25) is 0 Å². The molecular weight excluding hydrogens is 238 g/mol. The van der Waals surface area contributed by atoms with E-state index in [4.69, 9.17) is 16.3 Å². The molecule has 1 unspecified atom stereocenters. The molecule has 0 saturated heterocycles. The Kier molecular flexibility index (Phi) is 3.61. The number of halogens is 1. The fraction of sp³-hybridized carbons (Fsp3) is 0.154. The second-order valence-electron chi connectivity index (χ2n) is 3.63. The predicted octanol–water partition coefficient (Wildman–Crippen LogP) is 3.58. The molecule has 0 bridgehead atoms. The third-order valence-electron chi connectivity index (χ3n) is 2.26. The summed E-state index contributed by atoms with van der Waals surface area (Å²) in [4.78, 5) is 4.10. The molecule has 0 radical (unpaired) electrons. The lowest BCUT2D eigenvalue weighted by molar-refractivity contribution is 0.194. The molecule has 1 heterocycles. The van der Waals surface area contributed by atoms with Crippen LogP contribution in [-0.2, 0) is 0 Å². The maximum absolute atomic E-state index is 9.59. The second-order valence-corrected chi connectivity index (χ2v) is 4.07. The molecule has 1 aromatic carbocycles. The zero-order chi connectivity index (χ0) is 12.3. The summed E-state index contributed by atoms with van der Waals surface area (Å²) in [5.74, 6) is 0.989. The van der Waals surface area contributed by atoms with Crippen LogP contribution >= 0.6 is 11.6 Å². The highest BCUT2D eigenvalue weighted by Gasteiger charge is 2.10. The first-order valence-electron chi connectivity index (χ1n) is 5.23. The highest BCUT2D eigenvalue weighted by atomic mass is 35.5. The van der Waals surface area contributed by atoms with Gasteiger partial charge in [-0.15, -0.1) is 0 Å². The Morgan fingerprint density at radius 2 is 2.12 bits per heavy atom. The third kappa shape index (κ3) is 2.96. The molecule has 4 heteroatoms. The second kappa shape index (κ2) is 5.17. The first-order chi connectivity index (χ1) is 8.16. The van der Waals surface area contributed by atoms with E-state index in [1.54, 1.807) is 49.5 Å². The summed E-state index contributed by atoms with van der Waals surface area (Å²) in [6, 6.07) is 10.6. The van der Waals surface area contributed by atoms with Gasteiger partial charge in [0.05, 0.1) is 6.10 Å². The largest absolute Gasteiger partial charge is 0.439 e. The quantitative estimate of drug-likeness (QED) is 0.904. The zero-order valence-electron chi connectivity index (χ0n) is 9.30. The van der Waals surface area contributed by atoms with E-state index in [-0.39, 0.29) is 0 Å². The normalized spacial score (nSPS) is 12.2. The Bertz CT molecular complexity index is 514. The van der Waals surface area contributed by atoms with E-state index < -0.39 is 6.10 Å². The standard InChI is InChI=1S/C13H12ClNO2/c1-9(16)12-6-3-7-15-13(12)17-11-5-2-4-10(14)8-11/h2-9,16H,1H3. The van der Waals surface area contributed by atoms with Gasteiger partial charge in [0.1, 0.15) is 5.75 Å². The Hall–Kier alpha value is -1.58. The molecule has 0 aliphatic rings. The van der Waals surface area contributed by atoms with Crippen molar-refractivity contribution < 1.29 is 9.84 Å². The van der Waals surface area contributed by atoms with Crippen LogP contribution in [0.1, 0.15) is 18.6 Å². The summed E-state index contributed by atoms with van der Waals surface area (Å²) in [5.41, 5.74) is 0.646. The van der Waals surface area contributed by atoms with Gasteiger partial charge in [-0.2, -0.15) is 0 Å². The van der Waals surface area contributed by atoms with Crippen LogP contribution in [0.5, 0.6) is 11.6 Å². The van der Waals surface area contributed by atoms with Crippen molar-refractivity contribution in [2.45, 2.75) is 13.0 Å². The Balaban J connectivity index is 2.30. The van der Waals surface area contributed by atoms with Gasteiger partial charge < -0.3 is 9.84 Å². The number of nitrogens with zero attached hydrogens (tertiary/aromatic N) is 1. The smallest absolute Gasteiger partial charge is 0.225 e. The number of pyridine rings is 1. The molecule has 2 aromatic rings. The number of aliphatic hydroxyl groups excluding tert-OH is 1. The van der Waals surface area contributed by atoms with Crippen LogP contribution in [-0.4, -0.2) is 10.1 Å². The molecule has 0 aliphatic heterocycles. The van der Waals surface area contributed by atoms with Crippen molar-refractivity contribution in [3.05, 3.63) is 53.2 Å². The topological polar surface area (TPSA) is 42.4 Å². The third-order valence-corrected chi connectivity index (χ3v) is 2.50. The zero-order valence-corrected chi connectivity index (χ0v) is 10.1. The van der Waals surface area contributed by atoms with E-state index in [1.165, 1.54) is 0 Å².